The molecule has 0 aliphatic carbocycles. The summed E-state index contributed by atoms with van der Waals surface area (Å²) >= 11 is 0. The summed E-state index contributed by atoms with van der Waals surface area (Å²) in [6.45, 7) is 1.21. The van der Waals surface area contributed by atoms with Crippen LogP contribution in [0.3, 0.4) is 0 Å². The van der Waals surface area contributed by atoms with Crippen molar-refractivity contribution in [2.75, 3.05) is 34.6 Å². The van der Waals surface area contributed by atoms with Gasteiger partial charge in [0.1, 0.15) is 11.8 Å². The maximum absolute atomic E-state index is 10.9. The third-order valence-electron chi connectivity index (χ3n) is 5.64. The van der Waals surface area contributed by atoms with Gasteiger partial charge in [0.05, 0.1) is 39.5 Å². The fourth-order valence-corrected chi connectivity index (χ4v) is 4.13. The zero-order valence-corrected chi connectivity index (χ0v) is 16.0. The van der Waals surface area contributed by atoms with E-state index in [1.165, 1.54) is 10.5 Å². The molecular weight excluding hydrogens is 346 g/mol. The van der Waals surface area contributed by atoms with Crippen LogP contribution in [-0.2, 0) is 6.42 Å². The molecule has 0 saturated heterocycles. The molecule has 3 atom stereocenters. The average Bonchev–Trinajstić information content (AvgIpc) is 3.16. The summed E-state index contributed by atoms with van der Waals surface area (Å²) in [5.41, 5.74) is 3.22. The third-order valence-corrected chi connectivity index (χ3v) is 5.64. The molecule has 6 heteroatoms. The van der Waals surface area contributed by atoms with Crippen LogP contribution in [0.1, 0.15) is 35.3 Å². The highest BCUT2D eigenvalue weighted by Gasteiger charge is 2.37. The summed E-state index contributed by atoms with van der Waals surface area (Å²) in [6.07, 6.45) is 0.974. The highest BCUT2D eigenvalue weighted by molar-refractivity contribution is 5.61. The second-order valence-electron chi connectivity index (χ2n) is 7.14. The van der Waals surface area contributed by atoms with E-state index >= 15 is 0 Å². The van der Waals surface area contributed by atoms with E-state index in [1.807, 2.05) is 24.3 Å². The first kappa shape index (κ1) is 17.9. The second kappa shape index (κ2) is 7.29. The van der Waals surface area contributed by atoms with Crippen molar-refractivity contribution in [2.24, 2.45) is 0 Å². The number of hydrogen-bond donors (Lipinski definition) is 2. The van der Waals surface area contributed by atoms with Gasteiger partial charge in [0.15, 0.2) is 11.5 Å². The van der Waals surface area contributed by atoms with Crippen LogP contribution in [0.2, 0.25) is 0 Å². The molecule has 4 rings (SSSR count). The second-order valence-corrected chi connectivity index (χ2v) is 7.14. The highest BCUT2D eigenvalue weighted by Crippen LogP contribution is 2.48. The summed E-state index contributed by atoms with van der Waals surface area (Å²) in [5.74, 6) is 2.95. The molecule has 0 aromatic heterocycles. The number of methoxy groups -OCH3 is 2. The number of benzene rings is 2. The van der Waals surface area contributed by atoms with Crippen LogP contribution in [0.25, 0.3) is 0 Å². The van der Waals surface area contributed by atoms with Crippen molar-refractivity contribution in [3.8, 4) is 23.0 Å². The van der Waals surface area contributed by atoms with E-state index in [0.29, 0.717) is 12.2 Å². The highest BCUT2D eigenvalue weighted by atomic mass is 16.7. The molecule has 2 aliphatic rings. The summed E-state index contributed by atoms with van der Waals surface area (Å²) in [4.78, 5) is 1.35. The summed E-state index contributed by atoms with van der Waals surface area (Å²) in [5, 5.41) is 10.9. The molecule has 2 aliphatic heterocycles. The lowest BCUT2D eigenvalue weighted by Crippen LogP contribution is -3.10. The lowest BCUT2D eigenvalue weighted by Gasteiger charge is -2.34. The van der Waals surface area contributed by atoms with E-state index in [-0.39, 0.29) is 12.8 Å². The van der Waals surface area contributed by atoms with Crippen molar-refractivity contribution in [3.05, 3.63) is 47.0 Å². The normalized spacial score (nSPS) is 21.5. The monoisotopic (exact) mass is 372 g/mol. The Balaban J connectivity index is 1.67. The fraction of sp³-hybridized carbons (Fsp3) is 0.429. The van der Waals surface area contributed by atoms with Crippen LogP contribution in [0.4, 0.5) is 0 Å². The molecular formula is C21H26NO5+. The lowest BCUT2D eigenvalue weighted by atomic mass is 9.87. The SMILES string of the molecule is COc1ccc([C@@H](O)C[C@@H]2c3c(cc4c(c3OC)OCO4)CC[NH+]2C)cc1. The Morgan fingerprint density at radius 3 is 2.67 bits per heavy atom. The lowest BCUT2D eigenvalue weighted by molar-refractivity contribution is -0.915. The first-order valence-corrected chi connectivity index (χ1v) is 9.26. The molecule has 1 unspecified atom stereocenters. The van der Waals surface area contributed by atoms with Crippen molar-refractivity contribution in [1.29, 1.82) is 0 Å². The zero-order chi connectivity index (χ0) is 19.0. The Hall–Kier alpha value is -2.44. The van der Waals surface area contributed by atoms with Gasteiger partial charge >= 0.3 is 0 Å². The van der Waals surface area contributed by atoms with E-state index < -0.39 is 6.10 Å². The molecule has 27 heavy (non-hydrogen) atoms. The summed E-state index contributed by atoms with van der Waals surface area (Å²) in [6, 6.07) is 9.76. The molecule has 144 valence electrons. The standard InChI is InChI=1S/C21H25NO5/c1-22-9-8-14-10-18-20(27-12-26-18)21(25-3)19(14)16(22)11-17(23)13-4-6-15(24-2)7-5-13/h4-7,10,16-17,23H,8-9,11-12H2,1-3H3/p+1/t16-,17+/m1/s1. The molecule has 2 N–H and O–H groups in total. The topological polar surface area (TPSA) is 61.6 Å². The molecule has 0 spiro atoms. The van der Waals surface area contributed by atoms with E-state index in [9.17, 15) is 5.11 Å². The predicted octanol–water partition coefficient (Wildman–Crippen LogP) is 1.67. The molecule has 0 bridgehead atoms. The molecule has 0 saturated carbocycles. The van der Waals surface area contributed by atoms with E-state index in [4.69, 9.17) is 18.9 Å². The maximum Gasteiger partial charge on any atom is 0.231 e. The smallest absolute Gasteiger partial charge is 0.231 e. The number of quaternary nitrogens is 1. The minimum absolute atomic E-state index is 0.107. The predicted molar refractivity (Wildman–Crippen MR) is 99.9 cm³/mol. The molecule has 6 nitrogen and oxygen atoms in total. The quantitative estimate of drug-likeness (QED) is 0.836. The minimum atomic E-state index is -0.572. The molecule has 2 heterocycles. The number of likely N-dealkylation sites (N-methyl/N-ethyl adjacent to an activating group) is 1. The van der Waals surface area contributed by atoms with Crippen molar-refractivity contribution in [3.63, 3.8) is 0 Å². The van der Waals surface area contributed by atoms with Crippen molar-refractivity contribution >= 4 is 0 Å². The van der Waals surface area contributed by atoms with Crippen molar-refractivity contribution in [2.45, 2.75) is 25.0 Å². The Labute approximate surface area is 159 Å². The first-order valence-electron chi connectivity index (χ1n) is 9.26. The van der Waals surface area contributed by atoms with Crippen LogP contribution in [0.5, 0.6) is 23.0 Å². The van der Waals surface area contributed by atoms with Crippen LogP contribution in [-0.4, -0.2) is 39.7 Å². The molecule has 0 fully saturated rings. The third kappa shape index (κ3) is 3.19. The number of rotatable bonds is 5. The molecule has 2 aromatic carbocycles. The summed E-state index contributed by atoms with van der Waals surface area (Å²) < 4.78 is 22.2. The van der Waals surface area contributed by atoms with Crippen molar-refractivity contribution < 1.29 is 29.0 Å². The number of fused-ring (bicyclic) bond motifs is 2. The molecule has 0 radical (unpaired) electrons. The minimum Gasteiger partial charge on any atom is -0.497 e. The van der Waals surface area contributed by atoms with Gasteiger partial charge in [-0.3, -0.25) is 0 Å². The maximum atomic E-state index is 10.9. The fourth-order valence-electron chi connectivity index (χ4n) is 4.13. The average molecular weight is 372 g/mol. The Bertz CT molecular complexity index is 820. The van der Waals surface area contributed by atoms with Gasteiger partial charge in [-0.1, -0.05) is 12.1 Å². The number of aliphatic hydroxyl groups excluding tert-OH is 1. The van der Waals surface area contributed by atoms with E-state index in [0.717, 1.165) is 41.3 Å². The van der Waals surface area contributed by atoms with Gasteiger partial charge in [0, 0.05) is 12.8 Å². The van der Waals surface area contributed by atoms with Crippen LogP contribution >= 0.6 is 0 Å². The number of hydrogen-bond acceptors (Lipinski definition) is 5. The van der Waals surface area contributed by atoms with Gasteiger partial charge in [0.2, 0.25) is 12.5 Å². The van der Waals surface area contributed by atoms with Gasteiger partial charge in [-0.15, -0.1) is 0 Å². The molecule has 0 amide bonds. The summed E-state index contributed by atoms with van der Waals surface area (Å²) in [7, 11) is 5.47. The van der Waals surface area contributed by atoms with Gasteiger partial charge in [0.25, 0.3) is 0 Å². The van der Waals surface area contributed by atoms with E-state index in [2.05, 4.69) is 13.1 Å². The number of aliphatic hydroxyl groups is 1. The van der Waals surface area contributed by atoms with Gasteiger partial charge in [-0.25, -0.2) is 0 Å². The van der Waals surface area contributed by atoms with Crippen LogP contribution < -0.4 is 23.8 Å². The van der Waals surface area contributed by atoms with Gasteiger partial charge < -0.3 is 29.0 Å². The Morgan fingerprint density at radius 2 is 1.96 bits per heavy atom. The largest absolute Gasteiger partial charge is 0.497 e. The van der Waals surface area contributed by atoms with Crippen molar-refractivity contribution in [1.82, 2.24) is 0 Å². The Kier molecular flexibility index (Phi) is 4.85. The number of nitrogens with one attached hydrogen (secondary N) is 1. The zero-order valence-electron chi connectivity index (χ0n) is 16.0. The van der Waals surface area contributed by atoms with E-state index in [1.54, 1.807) is 14.2 Å². The molecule has 2 aromatic rings. The Morgan fingerprint density at radius 1 is 1.19 bits per heavy atom. The first-order chi connectivity index (χ1) is 13.1. The van der Waals surface area contributed by atoms with Crippen LogP contribution in [0.15, 0.2) is 30.3 Å². The number of ether oxygens (including phenoxy) is 4. The van der Waals surface area contributed by atoms with Gasteiger partial charge in [-0.2, -0.15) is 0 Å². The van der Waals surface area contributed by atoms with Crippen LogP contribution in [0, 0.1) is 0 Å². The van der Waals surface area contributed by atoms with Gasteiger partial charge in [-0.05, 0) is 29.3 Å².